The minimum absolute atomic E-state index is 0.643. The van der Waals surface area contributed by atoms with E-state index in [1.165, 1.54) is 31.3 Å². The van der Waals surface area contributed by atoms with Crippen molar-refractivity contribution in [2.24, 2.45) is 17.3 Å². The highest BCUT2D eigenvalue weighted by atomic mass is 14.6. The molecule has 2 aliphatic rings. The molecule has 0 aliphatic heterocycles. The SMILES string of the molecule is CC(C)=CCC[C@]1(C)[C@@H]2C=C(C)CC[C@H]21. The summed E-state index contributed by atoms with van der Waals surface area (Å²) in [5.74, 6) is 1.92. The second kappa shape index (κ2) is 3.81. The van der Waals surface area contributed by atoms with Crippen molar-refractivity contribution in [2.45, 2.75) is 53.4 Å². The van der Waals surface area contributed by atoms with Crippen molar-refractivity contribution in [1.82, 2.24) is 0 Å². The van der Waals surface area contributed by atoms with Gasteiger partial charge in [-0.2, -0.15) is 0 Å². The quantitative estimate of drug-likeness (QED) is 0.583. The largest absolute Gasteiger partial charge is 0.0859 e. The van der Waals surface area contributed by atoms with Crippen LogP contribution >= 0.6 is 0 Å². The number of rotatable bonds is 3. The zero-order valence-electron chi connectivity index (χ0n) is 10.6. The molecular weight excluding hydrogens is 180 g/mol. The standard InChI is InChI=1S/C15H24/c1-11(2)6-5-9-15(4)13-8-7-12(3)10-14(13)15/h6,10,13-14H,5,7-9H2,1-4H3/t13-,14-,15+/m1/s1. The maximum absolute atomic E-state index is 2.55. The lowest BCUT2D eigenvalue weighted by Crippen LogP contribution is -1.98. The summed E-state index contributed by atoms with van der Waals surface area (Å²) in [7, 11) is 0. The molecule has 2 aliphatic carbocycles. The highest BCUT2D eigenvalue weighted by Crippen LogP contribution is 2.66. The van der Waals surface area contributed by atoms with E-state index in [1.54, 1.807) is 5.57 Å². The van der Waals surface area contributed by atoms with Gasteiger partial charge >= 0.3 is 0 Å². The Bertz CT molecular complexity index is 304. The third kappa shape index (κ3) is 2.04. The molecule has 0 spiro atoms. The van der Waals surface area contributed by atoms with E-state index in [9.17, 15) is 0 Å². The molecular formula is C15H24. The molecule has 3 atom stereocenters. The predicted molar refractivity (Wildman–Crippen MR) is 66.7 cm³/mol. The van der Waals surface area contributed by atoms with Crippen LogP contribution in [0.1, 0.15) is 53.4 Å². The van der Waals surface area contributed by atoms with Crippen molar-refractivity contribution in [2.75, 3.05) is 0 Å². The molecule has 0 heteroatoms. The van der Waals surface area contributed by atoms with Gasteiger partial charge in [-0.3, -0.25) is 0 Å². The lowest BCUT2D eigenvalue weighted by atomic mass is 9.96. The van der Waals surface area contributed by atoms with E-state index in [-0.39, 0.29) is 0 Å². The van der Waals surface area contributed by atoms with E-state index in [0.717, 1.165) is 11.8 Å². The average Bonchev–Trinajstić information content (AvgIpc) is 2.71. The Balaban J connectivity index is 1.92. The van der Waals surface area contributed by atoms with Crippen molar-refractivity contribution < 1.29 is 0 Å². The van der Waals surface area contributed by atoms with Gasteiger partial charge in [-0.1, -0.05) is 30.2 Å². The Morgan fingerprint density at radius 3 is 2.87 bits per heavy atom. The highest BCUT2D eigenvalue weighted by Gasteiger charge is 2.59. The van der Waals surface area contributed by atoms with Gasteiger partial charge in [0.1, 0.15) is 0 Å². The fraction of sp³-hybridized carbons (Fsp3) is 0.733. The number of hydrogen-bond acceptors (Lipinski definition) is 0. The Hall–Kier alpha value is -0.520. The van der Waals surface area contributed by atoms with Gasteiger partial charge in [0.05, 0.1) is 0 Å². The summed E-state index contributed by atoms with van der Waals surface area (Å²) in [6, 6.07) is 0. The fourth-order valence-corrected chi connectivity index (χ4v) is 3.31. The van der Waals surface area contributed by atoms with Crippen LogP contribution in [0.4, 0.5) is 0 Å². The van der Waals surface area contributed by atoms with Crippen LogP contribution in [0.15, 0.2) is 23.3 Å². The molecule has 84 valence electrons. The van der Waals surface area contributed by atoms with Crippen molar-refractivity contribution in [3.63, 3.8) is 0 Å². The summed E-state index contributed by atoms with van der Waals surface area (Å²) in [6.07, 6.45) is 10.4. The summed E-state index contributed by atoms with van der Waals surface area (Å²) in [5.41, 5.74) is 3.74. The third-order valence-corrected chi connectivity index (χ3v) is 4.48. The Labute approximate surface area is 94.5 Å². The zero-order valence-corrected chi connectivity index (χ0v) is 10.6. The Kier molecular flexibility index (Phi) is 2.79. The lowest BCUT2D eigenvalue weighted by Gasteiger charge is -2.08. The van der Waals surface area contributed by atoms with E-state index >= 15 is 0 Å². The van der Waals surface area contributed by atoms with Gasteiger partial charge in [-0.25, -0.2) is 0 Å². The average molecular weight is 204 g/mol. The first-order chi connectivity index (χ1) is 7.04. The first kappa shape index (κ1) is 11.0. The van der Waals surface area contributed by atoms with Crippen molar-refractivity contribution in [3.05, 3.63) is 23.3 Å². The molecule has 0 N–H and O–H groups in total. The first-order valence-corrected chi connectivity index (χ1v) is 6.34. The highest BCUT2D eigenvalue weighted by molar-refractivity contribution is 5.23. The number of allylic oxidation sites excluding steroid dienone is 4. The van der Waals surface area contributed by atoms with Crippen LogP contribution in [-0.4, -0.2) is 0 Å². The molecule has 0 unspecified atom stereocenters. The molecule has 0 aromatic carbocycles. The molecule has 15 heavy (non-hydrogen) atoms. The van der Waals surface area contributed by atoms with Crippen LogP contribution in [0.25, 0.3) is 0 Å². The van der Waals surface area contributed by atoms with Crippen LogP contribution in [0.5, 0.6) is 0 Å². The van der Waals surface area contributed by atoms with Gasteiger partial charge in [0.25, 0.3) is 0 Å². The summed E-state index contributed by atoms with van der Waals surface area (Å²) in [4.78, 5) is 0. The van der Waals surface area contributed by atoms with Gasteiger partial charge < -0.3 is 0 Å². The predicted octanol–water partition coefficient (Wildman–Crippen LogP) is 4.73. The monoisotopic (exact) mass is 204 g/mol. The van der Waals surface area contributed by atoms with Crippen molar-refractivity contribution in [3.8, 4) is 0 Å². The summed E-state index contributed by atoms with van der Waals surface area (Å²) in [5, 5.41) is 0. The topological polar surface area (TPSA) is 0 Å². The zero-order chi connectivity index (χ0) is 11.1. The fourth-order valence-electron chi connectivity index (χ4n) is 3.31. The van der Waals surface area contributed by atoms with Crippen molar-refractivity contribution in [1.29, 1.82) is 0 Å². The van der Waals surface area contributed by atoms with Crippen molar-refractivity contribution >= 4 is 0 Å². The molecule has 1 fully saturated rings. The molecule has 0 radical (unpaired) electrons. The minimum atomic E-state index is 0.643. The first-order valence-electron chi connectivity index (χ1n) is 6.34. The third-order valence-electron chi connectivity index (χ3n) is 4.48. The van der Waals surface area contributed by atoms with E-state index in [2.05, 4.69) is 39.8 Å². The van der Waals surface area contributed by atoms with Gasteiger partial charge in [-0.15, -0.1) is 0 Å². The minimum Gasteiger partial charge on any atom is -0.0859 e. The lowest BCUT2D eigenvalue weighted by molar-refractivity contribution is 0.447. The summed E-state index contributed by atoms with van der Waals surface area (Å²) < 4.78 is 0. The normalized spacial score (nSPS) is 38.0. The smallest absolute Gasteiger partial charge is 0.0140 e. The molecule has 0 heterocycles. The molecule has 2 rings (SSSR count). The number of fused-ring (bicyclic) bond motifs is 1. The van der Waals surface area contributed by atoms with Crippen LogP contribution in [0.3, 0.4) is 0 Å². The van der Waals surface area contributed by atoms with E-state index in [1.807, 2.05) is 0 Å². The van der Waals surface area contributed by atoms with Crippen LogP contribution in [0, 0.1) is 17.3 Å². The maximum Gasteiger partial charge on any atom is -0.0140 e. The second-order valence-corrected chi connectivity index (χ2v) is 6.01. The molecule has 0 saturated heterocycles. The van der Waals surface area contributed by atoms with Gasteiger partial charge in [0.15, 0.2) is 0 Å². The van der Waals surface area contributed by atoms with Gasteiger partial charge in [-0.05, 0) is 63.7 Å². The molecule has 1 saturated carbocycles. The summed E-state index contributed by atoms with van der Waals surface area (Å²) in [6.45, 7) is 9.19. The van der Waals surface area contributed by atoms with E-state index < -0.39 is 0 Å². The molecule has 0 nitrogen and oxygen atoms in total. The van der Waals surface area contributed by atoms with Gasteiger partial charge in [0, 0.05) is 0 Å². The Morgan fingerprint density at radius 2 is 2.27 bits per heavy atom. The molecule has 0 amide bonds. The van der Waals surface area contributed by atoms with Crippen LogP contribution < -0.4 is 0 Å². The summed E-state index contributed by atoms with van der Waals surface area (Å²) >= 11 is 0. The maximum atomic E-state index is 2.55. The van der Waals surface area contributed by atoms with Crippen LogP contribution in [-0.2, 0) is 0 Å². The van der Waals surface area contributed by atoms with E-state index in [4.69, 9.17) is 0 Å². The number of hydrogen-bond donors (Lipinski definition) is 0. The van der Waals surface area contributed by atoms with Crippen LogP contribution in [0.2, 0.25) is 0 Å². The molecule has 0 aromatic rings. The van der Waals surface area contributed by atoms with Gasteiger partial charge in [0.2, 0.25) is 0 Å². The molecule has 0 aromatic heterocycles. The molecule has 0 bridgehead atoms. The van der Waals surface area contributed by atoms with E-state index in [0.29, 0.717) is 5.41 Å². The second-order valence-electron chi connectivity index (χ2n) is 6.01. The Morgan fingerprint density at radius 1 is 1.53 bits per heavy atom.